The van der Waals surface area contributed by atoms with E-state index in [2.05, 4.69) is 5.43 Å². The number of hydrogen-bond donors (Lipinski definition) is 1. The number of carbonyl (C=O) groups is 3. The van der Waals surface area contributed by atoms with Gasteiger partial charge in [0, 0.05) is 6.08 Å². The number of amides is 2. The molecule has 0 aliphatic heterocycles. The minimum Gasteiger partial charge on any atom is -0.463 e. The lowest BCUT2D eigenvalue weighted by atomic mass is 10.1. The van der Waals surface area contributed by atoms with Crippen molar-refractivity contribution in [3.8, 4) is 0 Å². The Morgan fingerprint density at radius 3 is 1.81 bits per heavy atom. The smallest absolute Gasteiger partial charge is 0.429 e. The van der Waals surface area contributed by atoms with Crippen LogP contribution in [0, 0.1) is 0 Å². The van der Waals surface area contributed by atoms with Crippen molar-refractivity contribution in [1.82, 2.24) is 10.4 Å². The molecule has 2 amide bonds. The molecule has 0 aromatic heterocycles. The van der Waals surface area contributed by atoms with Crippen molar-refractivity contribution in [2.75, 3.05) is 6.61 Å². The van der Waals surface area contributed by atoms with Gasteiger partial charge in [-0.1, -0.05) is 97.1 Å². The third-order valence-electron chi connectivity index (χ3n) is 5.19. The standard InChI is InChI=1S/C29H30N2O6/c1-2-35-27(32)19-18-26(20-23-12-6-3-7-13-23)31(29(34)37-22-25-16-10-5-11-17-25)30-28(33)36-21-24-14-8-4-9-15-24/h3-19,26H,2,20-22H2,1H3,(H,30,33)/b19-18+. The summed E-state index contributed by atoms with van der Waals surface area (Å²) < 4.78 is 15.8. The van der Waals surface area contributed by atoms with Gasteiger partial charge in [0.05, 0.1) is 12.6 Å². The fourth-order valence-corrected chi connectivity index (χ4v) is 3.39. The molecule has 8 nitrogen and oxygen atoms in total. The minimum atomic E-state index is -0.844. The predicted octanol–water partition coefficient (Wildman–Crippen LogP) is 5.20. The summed E-state index contributed by atoms with van der Waals surface area (Å²) in [6.07, 6.45) is 1.35. The maximum Gasteiger partial charge on any atom is 0.429 e. The first-order valence-electron chi connectivity index (χ1n) is 11.9. The summed E-state index contributed by atoms with van der Waals surface area (Å²) in [5, 5.41) is 1.03. The van der Waals surface area contributed by atoms with E-state index in [-0.39, 0.29) is 26.2 Å². The van der Waals surface area contributed by atoms with Gasteiger partial charge in [0.2, 0.25) is 0 Å². The summed E-state index contributed by atoms with van der Waals surface area (Å²) in [5.74, 6) is -0.565. The van der Waals surface area contributed by atoms with Crippen molar-refractivity contribution in [3.63, 3.8) is 0 Å². The lowest BCUT2D eigenvalue weighted by Gasteiger charge is -2.29. The lowest BCUT2D eigenvalue weighted by molar-refractivity contribution is -0.137. The van der Waals surface area contributed by atoms with Crippen LogP contribution in [0.15, 0.2) is 103 Å². The van der Waals surface area contributed by atoms with E-state index >= 15 is 0 Å². The summed E-state index contributed by atoms with van der Waals surface area (Å²) in [5.41, 5.74) is 4.94. The first-order chi connectivity index (χ1) is 18.0. The van der Waals surface area contributed by atoms with Crippen LogP contribution < -0.4 is 5.43 Å². The molecule has 0 heterocycles. The number of hydrazine groups is 1. The van der Waals surface area contributed by atoms with Crippen LogP contribution in [-0.2, 0) is 38.6 Å². The molecular formula is C29H30N2O6. The first-order valence-corrected chi connectivity index (χ1v) is 11.9. The third kappa shape index (κ3) is 9.52. The molecule has 1 atom stereocenters. The van der Waals surface area contributed by atoms with Gasteiger partial charge < -0.3 is 14.2 Å². The number of nitrogens with zero attached hydrogens (tertiary/aromatic N) is 1. The molecule has 0 fully saturated rings. The first kappa shape index (κ1) is 27.0. The Hall–Kier alpha value is -4.59. The second-order valence-electron chi connectivity index (χ2n) is 7.95. The van der Waals surface area contributed by atoms with E-state index in [0.29, 0.717) is 0 Å². The van der Waals surface area contributed by atoms with E-state index in [1.807, 2.05) is 91.0 Å². The van der Waals surface area contributed by atoms with Crippen molar-refractivity contribution in [3.05, 3.63) is 120 Å². The van der Waals surface area contributed by atoms with E-state index in [1.54, 1.807) is 6.92 Å². The molecule has 192 valence electrons. The van der Waals surface area contributed by atoms with Crippen molar-refractivity contribution >= 4 is 18.2 Å². The van der Waals surface area contributed by atoms with Gasteiger partial charge in [-0.3, -0.25) is 0 Å². The van der Waals surface area contributed by atoms with Crippen molar-refractivity contribution in [1.29, 1.82) is 0 Å². The van der Waals surface area contributed by atoms with Crippen LogP contribution >= 0.6 is 0 Å². The molecule has 3 aromatic rings. The van der Waals surface area contributed by atoms with Gasteiger partial charge in [0.25, 0.3) is 0 Å². The molecule has 0 bridgehead atoms. The highest BCUT2D eigenvalue weighted by atomic mass is 16.6. The van der Waals surface area contributed by atoms with Crippen LogP contribution in [0.1, 0.15) is 23.6 Å². The average molecular weight is 503 g/mol. The van der Waals surface area contributed by atoms with Gasteiger partial charge in [0.15, 0.2) is 0 Å². The maximum atomic E-state index is 13.2. The number of hydrogen-bond acceptors (Lipinski definition) is 6. The fourth-order valence-electron chi connectivity index (χ4n) is 3.39. The van der Waals surface area contributed by atoms with E-state index in [0.717, 1.165) is 21.7 Å². The second kappa shape index (κ2) is 14.7. The van der Waals surface area contributed by atoms with E-state index in [4.69, 9.17) is 14.2 Å². The molecule has 3 aromatic carbocycles. The number of rotatable bonds is 10. The summed E-state index contributed by atoms with van der Waals surface area (Å²) in [7, 11) is 0. The Labute approximate surface area is 216 Å². The molecule has 0 spiro atoms. The normalized spacial score (nSPS) is 11.4. The summed E-state index contributed by atoms with van der Waals surface area (Å²) >= 11 is 0. The van der Waals surface area contributed by atoms with E-state index < -0.39 is 24.2 Å². The third-order valence-corrected chi connectivity index (χ3v) is 5.19. The molecule has 1 unspecified atom stereocenters. The van der Waals surface area contributed by atoms with Crippen LogP contribution in [-0.4, -0.2) is 35.8 Å². The second-order valence-corrected chi connectivity index (χ2v) is 7.95. The van der Waals surface area contributed by atoms with Crippen molar-refractivity contribution in [2.45, 2.75) is 32.6 Å². The molecule has 0 aliphatic carbocycles. The fraction of sp³-hybridized carbons (Fsp3) is 0.207. The molecular weight excluding hydrogens is 472 g/mol. The molecule has 37 heavy (non-hydrogen) atoms. The molecule has 0 aliphatic rings. The van der Waals surface area contributed by atoms with Crippen molar-refractivity contribution < 1.29 is 28.6 Å². The average Bonchev–Trinajstić information content (AvgIpc) is 2.93. The predicted molar refractivity (Wildman–Crippen MR) is 138 cm³/mol. The van der Waals surface area contributed by atoms with E-state index in [9.17, 15) is 14.4 Å². The van der Waals surface area contributed by atoms with Crippen molar-refractivity contribution in [2.24, 2.45) is 0 Å². The largest absolute Gasteiger partial charge is 0.463 e. The molecule has 0 radical (unpaired) electrons. The lowest BCUT2D eigenvalue weighted by Crippen LogP contribution is -2.52. The Balaban J connectivity index is 1.81. The molecule has 8 heteroatoms. The highest BCUT2D eigenvalue weighted by Crippen LogP contribution is 2.13. The van der Waals surface area contributed by atoms with Gasteiger partial charge in [0.1, 0.15) is 13.2 Å². The monoisotopic (exact) mass is 502 g/mol. The maximum absolute atomic E-state index is 13.2. The van der Waals surface area contributed by atoms with Crippen LogP contribution in [0.5, 0.6) is 0 Å². The van der Waals surface area contributed by atoms with Crippen LogP contribution in [0.3, 0.4) is 0 Å². The van der Waals surface area contributed by atoms with Crippen LogP contribution in [0.2, 0.25) is 0 Å². The number of nitrogens with one attached hydrogen (secondary N) is 1. The van der Waals surface area contributed by atoms with Gasteiger partial charge in [-0.15, -0.1) is 0 Å². The molecule has 0 saturated carbocycles. The quantitative estimate of drug-likeness (QED) is 0.177. The zero-order valence-corrected chi connectivity index (χ0v) is 20.6. The molecule has 0 saturated heterocycles. The minimum absolute atomic E-state index is 0.00341. The zero-order valence-electron chi connectivity index (χ0n) is 20.6. The Morgan fingerprint density at radius 2 is 1.27 bits per heavy atom. The highest BCUT2D eigenvalue weighted by Gasteiger charge is 2.27. The molecule has 1 N–H and O–H groups in total. The summed E-state index contributed by atoms with van der Waals surface area (Å²) in [4.78, 5) is 37.9. The van der Waals surface area contributed by atoms with Gasteiger partial charge in [-0.2, -0.15) is 0 Å². The zero-order chi connectivity index (χ0) is 26.3. The van der Waals surface area contributed by atoms with Gasteiger partial charge in [-0.05, 0) is 30.0 Å². The van der Waals surface area contributed by atoms with Gasteiger partial charge >= 0.3 is 18.2 Å². The number of benzene rings is 3. The summed E-state index contributed by atoms with van der Waals surface area (Å²) in [6, 6.07) is 26.9. The topological polar surface area (TPSA) is 94.2 Å². The number of esters is 1. The Bertz CT molecular complexity index is 1150. The SMILES string of the molecule is CCOC(=O)/C=C/C(Cc1ccccc1)N(NC(=O)OCc1ccccc1)C(=O)OCc1ccccc1. The van der Waals surface area contributed by atoms with Crippen LogP contribution in [0.25, 0.3) is 0 Å². The van der Waals surface area contributed by atoms with Crippen LogP contribution in [0.4, 0.5) is 9.59 Å². The summed E-state index contributed by atoms with van der Waals surface area (Å²) in [6.45, 7) is 1.92. The molecule has 3 rings (SSSR count). The Kier molecular flexibility index (Phi) is 10.7. The number of carbonyl (C=O) groups excluding carboxylic acids is 3. The Morgan fingerprint density at radius 1 is 0.757 bits per heavy atom. The number of ether oxygens (including phenoxy) is 3. The van der Waals surface area contributed by atoms with Gasteiger partial charge in [-0.25, -0.2) is 24.8 Å². The van der Waals surface area contributed by atoms with E-state index in [1.165, 1.54) is 12.2 Å². The highest BCUT2D eigenvalue weighted by molar-refractivity contribution is 5.82.